The minimum atomic E-state index is 0.583. The van der Waals surface area contributed by atoms with Crippen LogP contribution < -0.4 is 0 Å². The quantitative estimate of drug-likeness (QED) is 0.499. The molecule has 0 amide bonds. The lowest BCUT2D eigenvalue weighted by molar-refractivity contribution is 0.289. The molecule has 0 saturated heterocycles. The van der Waals surface area contributed by atoms with Gasteiger partial charge in [-0.1, -0.05) is 32.4 Å². The van der Waals surface area contributed by atoms with Crippen LogP contribution in [0.2, 0.25) is 0 Å². The van der Waals surface area contributed by atoms with E-state index in [9.17, 15) is 0 Å². The molecule has 1 saturated carbocycles. The molecule has 1 rings (SSSR count). The zero-order valence-corrected chi connectivity index (χ0v) is 8.11. The Morgan fingerprint density at radius 1 is 1.45 bits per heavy atom. The fraction of sp³-hybridized carbons (Fsp3) is 0.818. The second-order valence-corrected chi connectivity index (χ2v) is 4.47. The average molecular weight is 152 g/mol. The van der Waals surface area contributed by atoms with E-state index in [4.69, 9.17) is 0 Å². The molecule has 64 valence electrons. The fourth-order valence-corrected chi connectivity index (χ4v) is 2.05. The van der Waals surface area contributed by atoms with Gasteiger partial charge in [0.05, 0.1) is 0 Å². The third kappa shape index (κ3) is 2.69. The molecule has 1 aliphatic rings. The highest BCUT2D eigenvalue weighted by molar-refractivity contribution is 5.07. The van der Waals surface area contributed by atoms with Gasteiger partial charge in [0, 0.05) is 0 Å². The van der Waals surface area contributed by atoms with Crippen LogP contribution in [0.1, 0.15) is 52.9 Å². The SMILES string of the molecule is CC/C=C1\CCCC(C)(C)C1. The van der Waals surface area contributed by atoms with Crippen molar-refractivity contribution >= 4 is 0 Å². The maximum absolute atomic E-state index is 2.42. The monoisotopic (exact) mass is 152 g/mol. The van der Waals surface area contributed by atoms with Gasteiger partial charge >= 0.3 is 0 Å². The van der Waals surface area contributed by atoms with Crippen LogP contribution in [0.25, 0.3) is 0 Å². The highest BCUT2D eigenvalue weighted by Gasteiger charge is 2.23. The molecule has 0 aromatic heterocycles. The number of rotatable bonds is 1. The van der Waals surface area contributed by atoms with Crippen molar-refractivity contribution in [2.45, 2.75) is 52.9 Å². The minimum Gasteiger partial charge on any atom is -0.0856 e. The van der Waals surface area contributed by atoms with Gasteiger partial charge in [-0.05, 0) is 37.5 Å². The van der Waals surface area contributed by atoms with Gasteiger partial charge in [0.2, 0.25) is 0 Å². The van der Waals surface area contributed by atoms with Crippen LogP contribution in [-0.2, 0) is 0 Å². The second-order valence-electron chi connectivity index (χ2n) is 4.47. The van der Waals surface area contributed by atoms with Crippen molar-refractivity contribution in [3.8, 4) is 0 Å². The van der Waals surface area contributed by atoms with Gasteiger partial charge in [-0.15, -0.1) is 0 Å². The lowest BCUT2D eigenvalue weighted by atomic mass is 9.75. The van der Waals surface area contributed by atoms with Gasteiger partial charge in [-0.25, -0.2) is 0 Å². The zero-order chi connectivity index (χ0) is 8.32. The number of hydrogen-bond acceptors (Lipinski definition) is 0. The molecule has 0 aromatic carbocycles. The fourth-order valence-electron chi connectivity index (χ4n) is 2.05. The topological polar surface area (TPSA) is 0 Å². The predicted octanol–water partition coefficient (Wildman–Crippen LogP) is 3.92. The van der Waals surface area contributed by atoms with Crippen LogP contribution in [0.3, 0.4) is 0 Å². The first-order chi connectivity index (χ1) is 5.14. The Balaban J connectivity index is 2.53. The van der Waals surface area contributed by atoms with Crippen LogP contribution in [0.15, 0.2) is 11.6 Å². The molecule has 0 nitrogen and oxygen atoms in total. The minimum absolute atomic E-state index is 0.583. The van der Waals surface area contributed by atoms with Gasteiger partial charge in [0.1, 0.15) is 0 Å². The molecule has 0 radical (unpaired) electrons. The summed E-state index contributed by atoms with van der Waals surface area (Å²) in [7, 11) is 0. The maximum atomic E-state index is 2.42. The highest BCUT2D eigenvalue weighted by Crippen LogP contribution is 2.38. The molecular formula is C11H20. The lowest BCUT2D eigenvalue weighted by Gasteiger charge is -2.31. The normalized spacial score (nSPS) is 27.4. The van der Waals surface area contributed by atoms with E-state index >= 15 is 0 Å². The first kappa shape index (κ1) is 8.83. The molecule has 0 aliphatic heterocycles. The molecule has 0 heterocycles. The second kappa shape index (κ2) is 3.42. The van der Waals surface area contributed by atoms with E-state index in [0.717, 1.165) is 0 Å². The summed E-state index contributed by atoms with van der Waals surface area (Å²) in [6, 6.07) is 0. The van der Waals surface area contributed by atoms with E-state index in [0.29, 0.717) is 5.41 Å². The number of hydrogen-bond donors (Lipinski definition) is 0. The zero-order valence-electron chi connectivity index (χ0n) is 8.11. The Morgan fingerprint density at radius 3 is 2.73 bits per heavy atom. The van der Waals surface area contributed by atoms with Gasteiger partial charge in [-0.3, -0.25) is 0 Å². The molecule has 0 spiro atoms. The van der Waals surface area contributed by atoms with Crippen LogP contribution in [0, 0.1) is 5.41 Å². The van der Waals surface area contributed by atoms with Crippen molar-refractivity contribution in [3.63, 3.8) is 0 Å². The molecule has 0 bridgehead atoms. The standard InChI is InChI=1S/C11H20/c1-4-6-10-7-5-8-11(2,3)9-10/h6H,4-5,7-9H2,1-3H3/b10-6+. The smallest absolute Gasteiger partial charge is 0.0269 e. The summed E-state index contributed by atoms with van der Waals surface area (Å²) in [6.07, 6.45) is 9.14. The predicted molar refractivity (Wildman–Crippen MR) is 50.6 cm³/mol. The van der Waals surface area contributed by atoms with Gasteiger partial charge in [0.25, 0.3) is 0 Å². The lowest BCUT2D eigenvalue weighted by Crippen LogP contribution is -2.16. The third-order valence-electron chi connectivity index (χ3n) is 2.55. The van der Waals surface area contributed by atoms with Crippen LogP contribution >= 0.6 is 0 Å². The molecule has 11 heavy (non-hydrogen) atoms. The largest absolute Gasteiger partial charge is 0.0856 e. The Morgan fingerprint density at radius 2 is 2.18 bits per heavy atom. The molecule has 1 fully saturated rings. The molecule has 0 unspecified atom stereocenters. The van der Waals surface area contributed by atoms with Crippen LogP contribution in [0.5, 0.6) is 0 Å². The summed E-state index contributed by atoms with van der Waals surface area (Å²) < 4.78 is 0. The Bertz CT molecular complexity index is 151. The highest BCUT2D eigenvalue weighted by atomic mass is 14.3. The van der Waals surface area contributed by atoms with Crippen molar-refractivity contribution in [2.75, 3.05) is 0 Å². The molecular weight excluding hydrogens is 132 g/mol. The summed E-state index contributed by atoms with van der Waals surface area (Å²) in [4.78, 5) is 0. The summed E-state index contributed by atoms with van der Waals surface area (Å²) in [5, 5.41) is 0. The Kier molecular flexibility index (Phi) is 2.75. The molecule has 0 heteroatoms. The Labute approximate surface area is 70.7 Å². The molecule has 0 N–H and O–H groups in total. The maximum Gasteiger partial charge on any atom is -0.0269 e. The van der Waals surface area contributed by atoms with Crippen LogP contribution in [-0.4, -0.2) is 0 Å². The van der Waals surface area contributed by atoms with E-state index in [1.54, 1.807) is 5.57 Å². The van der Waals surface area contributed by atoms with Crippen molar-refractivity contribution in [3.05, 3.63) is 11.6 Å². The van der Waals surface area contributed by atoms with Crippen molar-refractivity contribution in [2.24, 2.45) is 5.41 Å². The Hall–Kier alpha value is -0.260. The van der Waals surface area contributed by atoms with Gasteiger partial charge < -0.3 is 0 Å². The first-order valence-corrected chi connectivity index (χ1v) is 4.82. The number of allylic oxidation sites excluding steroid dienone is 2. The van der Waals surface area contributed by atoms with E-state index in [1.165, 1.54) is 32.1 Å². The van der Waals surface area contributed by atoms with Gasteiger partial charge in [-0.2, -0.15) is 0 Å². The third-order valence-corrected chi connectivity index (χ3v) is 2.55. The van der Waals surface area contributed by atoms with Crippen molar-refractivity contribution in [1.82, 2.24) is 0 Å². The molecule has 0 atom stereocenters. The van der Waals surface area contributed by atoms with E-state index in [-0.39, 0.29) is 0 Å². The van der Waals surface area contributed by atoms with E-state index < -0.39 is 0 Å². The summed E-state index contributed by atoms with van der Waals surface area (Å²) >= 11 is 0. The first-order valence-electron chi connectivity index (χ1n) is 4.82. The summed E-state index contributed by atoms with van der Waals surface area (Å²) in [5.41, 5.74) is 2.28. The molecule has 0 aromatic rings. The summed E-state index contributed by atoms with van der Waals surface area (Å²) in [5.74, 6) is 0. The molecule has 1 aliphatic carbocycles. The van der Waals surface area contributed by atoms with Gasteiger partial charge in [0.15, 0.2) is 0 Å². The summed E-state index contributed by atoms with van der Waals surface area (Å²) in [6.45, 7) is 7.00. The van der Waals surface area contributed by atoms with Crippen LogP contribution in [0.4, 0.5) is 0 Å². The van der Waals surface area contributed by atoms with E-state index in [1.807, 2.05) is 0 Å². The van der Waals surface area contributed by atoms with E-state index in [2.05, 4.69) is 26.8 Å². The van der Waals surface area contributed by atoms with Crippen molar-refractivity contribution < 1.29 is 0 Å². The average Bonchev–Trinajstić information content (AvgIpc) is 1.85. The van der Waals surface area contributed by atoms with Crippen molar-refractivity contribution in [1.29, 1.82) is 0 Å².